The van der Waals surface area contributed by atoms with Crippen LogP contribution in [-0.2, 0) is 0 Å². The first-order chi connectivity index (χ1) is 12.0. The molecule has 7 heteroatoms. The van der Waals surface area contributed by atoms with E-state index in [1.165, 1.54) is 7.11 Å². The molecule has 25 heavy (non-hydrogen) atoms. The average Bonchev–Trinajstić information content (AvgIpc) is 3.10. The molecule has 0 saturated carbocycles. The van der Waals surface area contributed by atoms with Crippen molar-refractivity contribution in [3.8, 4) is 11.5 Å². The number of nitrogens with zero attached hydrogens (tertiary/aromatic N) is 1. The third-order valence-electron chi connectivity index (χ3n) is 3.73. The van der Waals surface area contributed by atoms with Crippen molar-refractivity contribution in [1.82, 2.24) is 10.2 Å². The highest BCUT2D eigenvalue weighted by Crippen LogP contribution is 2.36. The molecule has 0 saturated heterocycles. The van der Waals surface area contributed by atoms with Gasteiger partial charge in [-0.25, -0.2) is 0 Å². The van der Waals surface area contributed by atoms with E-state index in [0.29, 0.717) is 35.2 Å². The lowest BCUT2D eigenvalue weighted by Crippen LogP contribution is -2.34. The summed E-state index contributed by atoms with van der Waals surface area (Å²) in [4.78, 5) is 14.5. The molecule has 2 rings (SSSR count). The van der Waals surface area contributed by atoms with Gasteiger partial charge in [0.1, 0.15) is 5.76 Å². The van der Waals surface area contributed by atoms with Gasteiger partial charge in [-0.1, -0.05) is 11.6 Å². The van der Waals surface area contributed by atoms with Gasteiger partial charge in [-0.3, -0.25) is 9.69 Å². The van der Waals surface area contributed by atoms with Gasteiger partial charge < -0.3 is 19.2 Å². The van der Waals surface area contributed by atoms with Crippen LogP contribution in [0.2, 0.25) is 5.02 Å². The van der Waals surface area contributed by atoms with Crippen molar-refractivity contribution in [2.75, 3.05) is 34.4 Å². The van der Waals surface area contributed by atoms with Gasteiger partial charge in [-0.2, -0.15) is 0 Å². The molecule has 2 aromatic rings. The van der Waals surface area contributed by atoms with E-state index >= 15 is 0 Å². The number of hydrogen-bond donors (Lipinski definition) is 1. The molecule has 1 atom stereocenters. The standard InChI is InChI=1S/C18H23ClN2O4/c1-5-24-17-13(19)9-12(10-16(17)23-4)18(22)20-11-14(21(2)3)15-7-6-8-25-15/h6-10,14H,5,11H2,1-4H3,(H,20,22). The first kappa shape index (κ1) is 19.1. The maximum atomic E-state index is 12.5. The number of carbonyl (C=O) groups excluding carboxylic acids is 1. The van der Waals surface area contributed by atoms with Crippen molar-refractivity contribution >= 4 is 17.5 Å². The summed E-state index contributed by atoms with van der Waals surface area (Å²) < 4.78 is 16.2. The molecular weight excluding hydrogens is 344 g/mol. The number of carbonyl (C=O) groups is 1. The molecule has 0 spiro atoms. The normalized spacial score (nSPS) is 12.1. The van der Waals surface area contributed by atoms with Crippen LogP contribution in [0.1, 0.15) is 29.1 Å². The Morgan fingerprint density at radius 3 is 2.72 bits per heavy atom. The second kappa shape index (κ2) is 8.78. The van der Waals surface area contributed by atoms with Crippen LogP contribution >= 0.6 is 11.6 Å². The zero-order valence-electron chi connectivity index (χ0n) is 14.8. The summed E-state index contributed by atoms with van der Waals surface area (Å²) in [6.07, 6.45) is 1.62. The van der Waals surface area contributed by atoms with E-state index in [1.54, 1.807) is 18.4 Å². The van der Waals surface area contributed by atoms with Gasteiger partial charge in [0.2, 0.25) is 0 Å². The Labute approximate surface area is 152 Å². The van der Waals surface area contributed by atoms with Crippen molar-refractivity contribution in [3.05, 3.63) is 46.9 Å². The van der Waals surface area contributed by atoms with E-state index in [-0.39, 0.29) is 11.9 Å². The SMILES string of the molecule is CCOc1c(Cl)cc(C(=O)NCC(c2ccco2)N(C)C)cc1OC. The van der Waals surface area contributed by atoms with Crippen LogP contribution in [0.3, 0.4) is 0 Å². The Bertz CT molecular complexity index is 701. The maximum Gasteiger partial charge on any atom is 0.251 e. The van der Waals surface area contributed by atoms with E-state index < -0.39 is 0 Å². The van der Waals surface area contributed by atoms with Crippen molar-refractivity contribution in [1.29, 1.82) is 0 Å². The lowest BCUT2D eigenvalue weighted by molar-refractivity contribution is 0.0938. The number of methoxy groups -OCH3 is 1. The van der Waals surface area contributed by atoms with E-state index in [4.69, 9.17) is 25.5 Å². The molecule has 1 heterocycles. The largest absolute Gasteiger partial charge is 0.493 e. The Kier molecular flexibility index (Phi) is 6.73. The second-order valence-electron chi connectivity index (χ2n) is 5.63. The minimum Gasteiger partial charge on any atom is -0.493 e. The first-order valence-corrected chi connectivity index (χ1v) is 8.34. The van der Waals surface area contributed by atoms with Crippen LogP contribution < -0.4 is 14.8 Å². The smallest absolute Gasteiger partial charge is 0.251 e. The Balaban J connectivity index is 2.13. The first-order valence-electron chi connectivity index (χ1n) is 7.96. The van der Waals surface area contributed by atoms with E-state index in [9.17, 15) is 4.79 Å². The molecule has 0 fully saturated rings. The van der Waals surface area contributed by atoms with E-state index in [2.05, 4.69) is 5.32 Å². The number of furan rings is 1. The third-order valence-corrected chi connectivity index (χ3v) is 4.01. The molecule has 0 aliphatic rings. The third kappa shape index (κ3) is 4.67. The Morgan fingerprint density at radius 1 is 1.40 bits per heavy atom. The molecule has 0 aliphatic heterocycles. The molecule has 1 unspecified atom stereocenters. The number of likely N-dealkylation sites (N-methyl/N-ethyl adjacent to an activating group) is 1. The number of halogens is 1. The summed E-state index contributed by atoms with van der Waals surface area (Å²) in [6, 6.07) is 6.82. The molecule has 0 aliphatic carbocycles. The number of amides is 1. The van der Waals surface area contributed by atoms with Crippen LogP contribution in [-0.4, -0.2) is 45.2 Å². The molecule has 6 nitrogen and oxygen atoms in total. The Hall–Kier alpha value is -2.18. The number of nitrogens with one attached hydrogen (secondary N) is 1. The topological polar surface area (TPSA) is 63.9 Å². The van der Waals surface area contributed by atoms with Gasteiger partial charge in [0.15, 0.2) is 11.5 Å². The zero-order chi connectivity index (χ0) is 18.4. The highest BCUT2D eigenvalue weighted by Gasteiger charge is 2.20. The van der Waals surface area contributed by atoms with Gasteiger partial charge in [0.05, 0.1) is 31.0 Å². The summed E-state index contributed by atoms with van der Waals surface area (Å²) >= 11 is 6.22. The van der Waals surface area contributed by atoms with Crippen LogP contribution in [0.25, 0.3) is 0 Å². The van der Waals surface area contributed by atoms with Gasteiger partial charge in [0.25, 0.3) is 5.91 Å². The Morgan fingerprint density at radius 2 is 2.16 bits per heavy atom. The molecular formula is C18H23ClN2O4. The summed E-state index contributed by atoms with van der Waals surface area (Å²) in [5.41, 5.74) is 0.405. The van der Waals surface area contributed by atoms with Crippen LogP contribution in [0, 0.1) is 0 Å². The highest BCUT2D eigenvalue weighted by molar-refractivity contribution is 6.32. The monoisotopic (exact) mass is 366 g/mol. The zero-order valence-corrected chi connectivity index (χ0v) is 15.6. The number of ether oxygens (including phenoxy) is 2. The van der Waals surface area contributed by atoms with E-state index in [0.717, 1.165) is 5.76 Å². The summed E-state index contributed by atoms with van der Waals surface area (Å²) in [5, 5.41) is 3.24. The van der Waals surface area contributed by atoms with Crippen molar-refractivity contribution < 1.29 is 18.7 Å². The van der Waals surface area contributed by atoms with Crippen molar-refractivity contribution in [2.24, 2.45) is 0 Å². The fourth-order valence-corrected chi connectivity index (χ4v) is 2.71. The fraction of sp³-hybridized carbons (Fsp3) is 0.389. The lowest BCUT2D eigenvalue weighted by atomic mass is 10.1. The van der Waals surface area contributed by atoms with Gasteiger partial charge in [0, 0.05) is 12.1 Å². The van der Waals surface area contributed by atoms with Crippen LogP contribution in [0.4, 0.5) is 0 Å². The number of benzene rings is 1. The predicted octanol–water partition coefficient (Wildman–Crippen LogP) is 3.37. The van der Waals surface area contributed by atoms with Gasteiger partial charge in [-0.15, -0.1) is 0 Å². The van der Waals surface area contributed by atoms with Crippen molar-refractivity contribution in [2.45, 2.75) is 13.0 Å². The maximum absolute atomic E-state index is 12.5. The lowest BCUT2D eigenvalue weighted by Gasteiger charge is -2.22. The molecule has 136 valence electrons. The van der Waals surface area contributed by atoms with E-state index in [1.807, 2.05) is 38.1 Å². The summed E-state index contributed by atoms with van der Waals surface area (Å²) in [6.45, 7) is 2.70. The minimum absolute atomic E-state index is 0.0704. The second-order valence-corrected chi connectivity index (χ2v) is 6.03. The van der Waals surface area contributed by atoms with Crippen LogP contribution in [0.5, 0.6) is 11.5 Å². The molecule has 1 aromatic carbocycles. The quantitative estimate of drug-likeness (QED) is 0.776. The van der Waals surface area contributed by atoms with Crippen LogP contribution in [0.15, 0.2) is 34.9 Å². The number of hydrogen-bond acceptors (Lipinski definition) is 5. The summed E-state index contributed by atoms with van der Waals surface area (Å²) in [7, 11) is 5.36. The van der Waals surface area contributed by atoms with Gasteiger partial charge >= 0.3 is 0 Å². The predicted molar refractivity (Wildman–Crippen MR) is 96.6 cm³/mol. The average molecular weight is 367 g/mol. The molecule has 1 N–H and O–H groups in total. The molecule has 1 amide bonds. The molecule has 1 aromatic heterocycles. The minimum atomic E-state index is -0.248. The van der Waals surface area contributed by atoms with Gasteiger partial charge in [-0.05, 0) is 45.3 Å². The molecule has 0 bridgehead atoms. The fourth-order valence-electron chi connectivity index (χ4n) is 2.45. The van der Waals surface area contributed by atoms with Crippen molar-refractivity contribution in [3.63, 3.8) is 0 Å². The molecule has 0 radical (unpaired) electrons. The highest BCUT2D eigenvalue weighted by atomic mass is 35.5. The number of rotatable bonds is 8. The summed E-state index contributed by atoms with van der Waals surface area (Å²) in [5.74, 6) is 1.40.